The summed E-state index contributed by atoms with van der Waals surface area (Å²) in [5.74, 6) is 0.333. The molecule has 0 spiro atoms. The molecule has 0 amide bonds. The summed E-state index contributed by atoms with van der Waals surface area (Å²) in [7, 11) is 0. The van der Waals surface area contributed by atoms with Crippen LogP contribution in [0.5, 0.6) is 5.75 Å². The van der Waals surface area contributed by atoms with E-state index >= 15 is 0 Å². The summed E-state index contributed by atoms with van der Waals surface area (Å²) in [5.41, 5.74) is 6.50. The number of hydrogen-bond acceptors (Lipinski definition) is 2. The van der Waals surface area contributed by atoms with Crippen LogP contribution in [-0.2, 0) is 6.42 Å². The van der Waals surface area contributed by atoms with Crippen LogP contribution in [0.1, 0.15) is 12.0 Å². The SMILES string of the molecule is Cl.NCCCc1cccc(O)c1. The maximum absolute atomic E-state index is 9.08. The molecule has 0 radical (unpaired) electrons. The Labute approximate surface area is 78.8 Å². The van der Waals surface area contributed by atoms with Gasteiger partial charge < -0.3 is 10.8 Å². The number of nitrogens with two attached hydrogens (primary N) is 1. The van der Waals surface area contributed by atoms with Crippen molar-refractivity contribution in [2.24, 2.45) is 5.73 Å². The van der Waals surface area contributed by atoms with Crippen LogP contribution >= 0.6 is 12.4 Å². The second-order valence-electron chi connectivity index (χ2n) is 2.56. The van der Waals surface area contributed by atoms with Crippen molar-refractivity contribution in [3.63, 3.8) is 0 Å². The quantitative estimate of drug-likeness (QED) is 0.757. The summed E-state index contributed by atoms with van der Waals surface area (Å²) in [6.07, 6.45) is 1.92. The predicted molar refractivity (Wildman–Crippen MR) is 52.7 cm³/mol. The van der Waals surface area contributed by atoms with Crippen LogP contribution in [0.4, 0.5) is 0 Å². The molecule has 2 nitrogen and oxygen atoms in total. The van der Waals surface area contributed by atoms with E-state index in [4.69, 9.17) is 10.8 Å². The molecule has 1 aromatic rings. The van der Waals surface area contributed by atoms with Crippen LogP contribution in [0, 0.1) is 0 Å². The Balaban J connectivity index is 0.00000121. The molecule has 0 fully saturated rings. The van der Waals surface area contributed by atoms with Gasteiger partial charge in [-0.05, 0) is 37.1 Å². The van der Waals surface area contributed by atoms with Crippen molar-refractivity contribution in [2.45, 2.75) is 12.8 Å². The fraction of sp³-hybridized carbons (Fsp3) is 0.333. The highest BCUT2D eigenvalue weighted by molar-refractivity contribution is 5.85. The molecule has 0 aliphatic rings. The average molecular weight is 188 g/mol. The molecule has 3 N–H and O–H groups in total. The number of phenolic OH excluding ortho intramolecular Hbond substituents is 1. The summed E-state index contributed by atoms with van der Waals surface area (Å²) >= 11 is 0. The maximum atomic E-state index is 9.08. The fourth-order valence-electron chi connectivity index (χ4n) is 1.02. The second-order valence-corrected chi connectivity index (χ2v) is 2.56. The van der Waals surface area contributed by atoms with Gasteiger partial charge in [-0.25, -0.2) is 0 Å². The van der Waals surface area contributed by atoms with Gasteiger partial charge in [0.2, 0.25) is 0 Å². The van der Waals surface area contributed by atoms with E-state index in [0.717, 1.165) is 18.4 Å². The van der Waals surface area contributed by atoms with Crippen LogP contribution in [0.2, 0.25) is 0 Å². The Kier molecular flexibility index (Phi) is 5.51. The Morgan fingerprint density at radius 1 is 1.33 bits per heavy atom. The lowest BCUT2D eigenvalue weighted by Gasteiger charge is -1.99. The molecule has 0 aliphatic heterocycles. The molecule has 0 aliphatic carbocycles. The molecule has 0 saturated heterocycles. The van der Waals surface area contributed by atoms with Gasteiger partial charge in [-0.15, -0.1) is 12.4 Å². The van der Waals surface area contributed by atoms with Gasteiger partial charge in [0.25, 0.3) is 0 Å². The molecule has 68 valence electrons. The normalized spacial score (nSPS) is 9.08. The van der Waals surface area contributed by atoms with Crippen molar-refractivity contribution >= 4 is 12.4 Å². The molecule has 0 unspecified atom stereocenters. The molecular weight excluding hydrogens is 174 g/mol. The highest BCUT2D eigenvalue weighted by atomic mass is 35.5. The number of aromatic hydroxyl groups is 1. The topological polar surface area (TPSA) is 46.2 Å². The van der Waals surface area contributed by atoms with E-state index in [1.54, 1.807) is 12.1 Å². The third-order valence-electron chi connectivity index (χ3n) is 1.58. The fourth-order valence-corrected chi connectivity index (χ4v) is 1.02. The molecule has 0 bridgehead atoms. The first-order valence-corrected chi connectivity index (χ1v) is 3.81. The molecule has 1 rings (SSSR count). The third kappa shape index (κ3) is 3.60. The summed E-state index contributed by atoms with van der Waals surface area (Å²) in [5, 5.41) is 9.08. The zero-order chi connectivity index (χ0) is 8.10. The van der Waals surface area contributed by atoms with E-state index in [0.29, 0.717) is 12.3 Å². The monoisotopic (exact) mass is 187 g/mol. The molecule has 0 atom stereocenters. The molecule has 0 heterocycles. The van der Waals surface area contributed by atoms with Crippen molar-refractivity contribution in [1.82, 2.24) is 0 Å². The van der Waals surface area contributed by atoms with Gasteiger partial charge in [0.1, 0.15) is 5.75 Å². The summed E-state index contributed by atoms with van der Waals surface area (Å²) < 4.78 is 0. The molecule has 0 aromatic heterocycles. The van der Waals surface area contributed by atoms with Crippen LogP contribution in [-0.4, -0.2) is 11.7 Å². The largest absolute Gasteiger partial charge is 0.508 e. The Bertz CT molecular complexity index is 228. The number of phenols is 1. The third-order valence-corrected chi connectivity index (χ3v) is 1.58. The predicted octanol–water partition coefficient (Wildman–Crippen LogP) is 1.71. The first kappa shape index (κ1) is 11.3. The Hall–Kier alpha value is -0.730. The number of rotatable bonds is 3. The lowest BCUT2D eigenvalue weighted by molar-refractivity contribution is 0.474. The van der Waals surface area contributed by atoms with E-state index in [9.17, 15) is 0 Å². The minimum atomic E-state index is 0. The first-order chi connectivity index (χ1) is 5.33. The smallest absolute Gasteiger partial charge is 0.115 e. The van der Waals surface area contributed by atoms with Crippen LogP contribution in [0.3, 0.4) is 0 Å². The van der Waals surface area contributed by atoms with E-state index in [2.05, 4.69) is 0 Å². The molecule has 3 heteroatoms. The summed E-state index contributed by atoms with van der Waals surface area (Å²) in [6, 6.07) is 7.29. The molecule has 1 aromatic carbocycles. The molecule has 12 heavy (non-hydrogen) atoms. The van der Waals surface area contributed by atoms with Gasteiger partial charge >= 0.3 is 0 Å². The lowest BCUT2D eigenvalue weighted by atomic mass is 10.1. The van der Waals surface area contributed by atoms with E-state index in [1.807, 2.05) is 12.1 Å². The maximum Gasteiger partial charge on any atom is 0.115 e. The van der Waals surface area contributed by atoms with Gasteiger partial charge in [0.05, 0.1) is 0 Å². The lowest BCUT2D eigenvalue weighted by Crippen LogP contribution is -1.99. The van der Waals surface area contributed by atoms with Crippen LogP contribution in [0.25, 0.3) is 0 Å². The van der Waals surface area contributed by atoms with Crippen molar-refractivity contribution in [3.05, 3.63) is 29.8 Å². The summed E-state index contributed by atoms with van der Waals surface area (Å²) in [6.45, 7) is 0.704. The molecular formula is C9H14ClNO. The van der Waals surface area contributed by atoms with Gasteiger partial charge in [-0.3, -0.25) is 0 Å². The van der Waals surface area contributed by atoms with Gasteiger partial charge in [-0.1, -0.05) is 12.1 Å². The average Bonchev–Trinajstić information content (AvgIpc) is 2.01. The van der Waals surface area contributed by atoms with Crippen molar-refractivity contribution in [1.29, 1.82) is 0 Å². The highest BCUT2D eigenvalue weighted by Gasteiger charge is 1.92. The zero-order valence-electron chi connectivity index (χ0n) is 6.86. The van der Waals surface area contributed by atoms with Gasteiger partial charge in [0.15, 0.2) is 0 Å². The van der Waals surface area contributed by atoms with Gasteiger partial charge in [0, 0.05) is 0 Å². The Morgan fingerprint density at radius 3 is 2.67 bits per heavy atom. The number of benzene rings is 1. The minimum absolute atomic E-state index is 0. The van der Waals surface area contributed by atoms with Crippen LogP contribution in [0.15, 0.2) is 24.3 Å². The highest BCUT2D eigenvalue weighted by Crippen LogP contribution is 2.11. The van der Waals surface area contributed by atoms with Crippen LogP contribution < -0.4 is 5.73 Å². The van der Waals surface area contributed by atoms with E-state index in [1.165, 1.54) is 0 Å². The van der Waals surface area contributed by atoms with E-state index < -0.39 is 0 Å². The number of hydrogen-bond donors (Lipinski definition) is 2. The molecule has 0 saturated carbocycles. The zero-order valence-corrected chi connectivity index (χ0v) is 7.68. The second kappa shape index (κ2) is 5.86. The van der Waals surface area contributed by atoms with Crippen molar-refractivity contribution < 1.29 is 5.11 Å². The standard InChI is InChI=1S/C9H13NO.ClH/c10-6-2-4-8-3-1-5-9(11)7-8;/h1,3,5,7,11H,2,4,6,10H2;1H. The Morgan fingerprint density at radius 2 is 2.08 bits per heavy atom. The van der Waals surface area contributed by atoms with Crippen molar-refractivity contribution in [2.75, 3.05) is 6.54 Å². The number of halogens is 1. The number of aryl methyl sites for hydroxylation is 1. The minimum Gasteiger partial charge on any atom is -0.508 e. The summed E-state index contributed by atoms with van der Waals surface area (Å²) in [4.78, 5) is 0. The van der Waals surface area contributed by atoms with E-state index in [-0.39, 0.29) is 12.4 Å². The van der Waals surface area contributed by atoms with Crippen molar-refractivity contribution in [3.8, 4) is 5.75 Å². The first-order valence-electron chi connectivity index (χ1n) is 3.81. The van der Waals surface area contributed by atoms with Gasteiger partial charge in [-0.2, -0.15) is 0 Å².